The van der Waals surface area contributed by atoms with E-state index in [9.17, 15) is 14.9 Å². The van der Waals surface area contributed by atoms with Crippen molar-refractivity contribution in [1.82, 2.24) is 0 Å². The first-order chi connectivity index (χ1) is 8.68. The van der Waals surface area contributed by atoms with Crippen LogP contribution in [0.2, 0.25) is 0 Å². The molecule has 0 radical (unpaired) electrons. The fourth-order valence-electron chi connectivity index (χ4n) is 2.32. The number of carbonyl (C=O) groups excluding carboxylic acids is 1. The van der Waals surface area contributed by atoms with Gasteiger partial charge in [-0.05, 0) is 25.0 Å². The summed E-state index contributed by atoms with van der Waals surface area (Å²) in [7, 11) is 0. The predicted octanol–water partition coefficient (Wildman–Crippen LogP) is 2.43. The Morgan fingerprint density at radius 2 is 1.89 bits per heavy atom. The summed E-state index contributed by atoms with van der Waals surface area (Å²) in [5.41, 5.74) is 0. The largest absolute Gasteiger partial charge is 0.426 e. The molecule has 2 rings (SSSR count). The number of para-hydroxylation sites is 1. The minimum Gasteiger partial charge on any atom is -0.426 e. The average molecular weight is 249 g/mol. The SMILES string of the molecule is O=C(Oc1ccccc1)C1CCCCC1[N+](=O)[O-]. The quantitative estimate of drug-likeness (QED) is 0.357. The first kappa shape index (κ1) is 12.5. The second-order valence-electron chi connectivity index (χ2n) is 4.48. The molecule has 1 fully saturated rings. The van der Waals surface area contributed by atoms with Crippen molar-refractivity contribution in [3.63, 3.8) is 0 Å². The molecular formula is C13H15NO4. The first-order valence-corrected chi connectivity index (χ1v) is 6.08. The van der Waals surface area contributed by atoms with Gasteiger partial charge < -0.3 is 4.74 Å². The first-order valence-electron chi connectivity index (χ1n) is 6.08. The van der Waals surface area contributed by atoms with Gasteiger partial charge in [0.15, 0.2) is 0 Å². The Labute approximate surface area is 105 Å². The van der Waals surface area contributed by atoms with Crippen LogP contribution >= 0.6 is 0 Å². The Hall–Kier alpha value is -1.91. The molecule has 0 heterocycles. The topological polar surface area (TPSA) is 69.4 Å². The van der Waals surface area contributed by atoms with Crippen molar-refractivity contribution in [2.24, 2.45) is 5.92 Å². The molecule has 1 aliphatic carbocycles. The third kappa shape index (κ3) is 2.85. The van der Waals surface area contributed by atoms with Crippen molar-refractivity contribution < 1.29 is 14.5 Å². The highest BCUT2D eigenvalue weighted by molar-refractivity contribution is 5.75. The third-order valence-electron chi connectivity index (χ3n) is 3.26. The van der Waals surface area contributed by atoms with E-state index in [0.29, 0.717) is 18.6 Å². The van der Waals surface area contributed by atoms with E-state index in [2.05, 4.69) is 0 Å². The summed E-state index contributed by atoms with van der Waals surface area (Å²) >= 11 is 0. The monoisotopic (exact) mass is 249 g/mol. The van der Waals surface area contributed by atoms with Crippen LogP contribution in [0.4, 0.5) is 0 Å². The van der Waals surface area contributed by atoms with Gasteiger partial charge in [0.25, 0.3) is 0 Å². The maximum absolute atomic E-state index is 12.0. The number of ether oxygens (including phenoxy) is 1. The van der Waals surface area contributed by atoms with Gasteiger partial charge in [0.05, 0.1) is 0 Å². The van der Waals surface area contributed by atoms with Gasteiger partial charge in [-0.15, -0.1) is 0 Å². The van der Waals surface area contributed by atoms with Crippen LogP contribution in [-0.4, -0.2) is 16.9 Å². The van der Waals surface area contributed by atoms with Crippen molar-refractivity contribution in [2.75, 3.05) is 0 Å². The molecule has 0 aromatic heterocycles. The van der Waals surface area contributed by atoms with Gasteiger partial charge >= 0.3 is 5.97 Å². The van der Waals surface area contributed by atoms with E-state index in [0.717, 1.165) is 12.8 Å². The van der Waals surface area contributed by atoms with Gasteiger partial charge in [0.1, 0.15) is 11.7 Å². The van der Waals surface area contributed by atoms with E-state index in [1.54, 1.807) is 24.3 Å². The molecule has 18 heavy (non-hydrogen) atoms. The zero-order chi connectivity index (χ0) is 13.0. The Morgan fingerprint density at radius 3 is 2.56 bits per heavy atom. The molecule has 1 aromatic carbocycles. The zero-order valence-electron chi connectivity index (χ0n) is 9.95. The van der Waals surface area contributed by atoms with Crippen LogP contribution in [0.5, 0.6) is 5.75 Å². The molecule has 0 N–H and O–H groups in total. The molecule has 1 aliphatic rings. The van der Waals surface area contributed by atoms with Crippen LogP contribution in [0.25, 0.3) is 0 Å². The normalized spacial score (nSPS) is 23.3. The lowest BCUT2D eigenvalue weighted by atomic mass is 9.85. The second kappa shape index (κ2) is 5.62. The van der Waals surface area contributed by atoms with Crippen molar-refractivity contribution in [2.45, 2.75) is 31.7 Å². The molecule has 0 amide bonds. The van der Waals surface area contributed by atoms with E-state index in [1.165, 1.54) is 0 Å². The molecule has 5 heteroatoms. The number of esters is 1. The fourth-order valence-corrected chi connectivity index (χ4v) is 2.32. The second-order valence-corrected chi connectivity index (χ2v) is 4.48. The van der Waals surface area contributed by atoms with E-state index in [4.69, 9.17) is 4.74 Å². The van der Waals surface area contributed by atoms with Crippen LogP contribution in [-0.2, 0) is 4.79 Å². The molecule has 2 atom stereocenters. The van der Waals surface area contributed by atoms with E-state index < -0.39 is 17.9 Å². The molecule has 0 saturated heterocycles. The lowest BCUT2D eigenvalue weighted by molar-refractivity contribution is -0.532. The Kier molecular flexibility index (Phi) is 3.92. The summed E-state index contributed by atoms with van der Waals surface area (Å²) in [6, 6.07) is 7.87. The summed E-state index contributed by atoms with van der Waals surface area (Å²) in [6.07, 6.45) is 2.65. The minimum absolute atomic E-state index is 0.351. The fraction of sp³-hybridized carbons (Fsp3) is 0.462. The lowest BCUT2D eigenvalue weighted by Gasteiger charge is -2.23. The van der Waals surface area contributed by atoms with Gasteiger partial charge in [-0.25, -0.2) is 0 Å². The van der Waals surface area contributed by atoms with Crippen molar-refractivity contribution in [1.29, 1.82) is 0 Å². The van der Waals surface area contributed by atoms with E-state index in [1.807, 2.05) is 6.07 Å². The van der Waals surface area contributed by atoms with Gasteiger partial charge in [-0.3, -0.25) is 14.9 Å². The average Bonchev–Trinajstić information content (AvgIpc) is 2.40. The maximum atomic E-state index is 12.0. The van der Waals surface area contributed by atoms with E-state index in [-0.39, 0.29) is 4.92 Å². The standard InChI is InChI=1S/C13H15NO4/c15-13(18-10-6-2-1-3-7-10)11-8-4-5-9-12(11)14(16)17/h1-3,6-7,11-12H,4-5,8-9H2. The summed E-state index contributed by atoms with van der Waals surface area (Å²) in [5.74, 6) is -0.660. The van der Waals surface area contributed by atoms with Crippen LogP contribution < -0.4 is 4.74 Å². The lowest BCUT2D eigenvalue weighted by Crippen LogP contribution is -2.39. The predicted molar refractivity (Wildman–Crippen MR) is 64.8 cm³/mol. The molecule has 96 valence electrons. The van der Waals surface area contributed by atoms with Crippen LogP contribution in [0.3, 0.4) is 0 Å². The highest BCUT2D eigenvalue weighted by Gasteiger charge is 2.40. The summed E-state index contributed by atoms with van der Waals surface area (Å²) in [6.45, 7) is 0. The van der Waals surface area contributed by atoms with Crippen molar-refractivity contribution in [3.05, 3.63) is 40.4 Å². The molecule has 0 spiro atoms. The van der Waals surface area contributed by atoms with Crippen molar-refractivity contribution >= 4 is 5.97 Å². The molecular weight excluding hydrogens is 234 g/mol. The van der Waals surface area contributed by atoms with Crippen LogP contribution in [0.1, 0.15) is 25.7 Å². The van der Waals surface area contributed by atoms with E-state index >= 15 is 0 Å². The molecule has 5 nitrogen and oxygen atoms in total. The number of carbonyl (C=O) groups is 1. The molecule has 1 saturated carbocycles. The third-order valence-corrected chi connectivity index (χ3v) is 3.26. The zero-order valence-corrected chi connectivity index (χ0v) is 9.95. The summed E-state index contributed by atoms with van der Waals surface area (Å²) in [4.78, 5) is 22.5. The Bertz CT molecular complexity index is 432. The Morgan fingerprint density at radius 1 is 1.22 bits per heavy atom. The number of rotatable bonds is 3. The summed E-state index contributed by atoms with van der Waals surface area (Å²) < 4.78 is 5.19. The van der Waals surface area contributed by atoms with Gasteiger partial charge in [0, 0.05) is 11.3 Å². The van der Waals surface area contributed by atoms with Crippen LogP contribution in [0, 0.1) is 16.0 Å². The molecule has 1 aromatic rings. The van der Waals surface area contributed by atoms with Gasteiger partial charge in [0.2, 0.25) is 6.04 Å². The smallest absolute Gasteiger partial charge is 0.321 e. The van der Waals surface area contributed by atoms with Gasteiger partial charge in [-0.1, -0.05) is 24.6 Å². The molecule has 2 unspecified atom stereocenters. The highest BCUT2D eigenvalue weighted by Crippen LogP contribution is 2.28. The van der Waals surface area contributed by atoms with Crippen LogP contribution in [0.15, 0.2) is 30.3 Å². The maximum Gasteiger partial charge on any atom is 0.321 e. The molecule has 0 aliphatic heterocycles. The van der Waals surface area contributed by atoms with Gasteiger partial charge in [-0.2, -0.15) is 0 Å². The highest BCUT2D eigenvalue weighted by atomic mass is 16.6. The molecule has 0 bridgehead atoms. The number of nitro groups is 1. The summed E-state index contributed by atoms with van der Waals surface area (Å²) in [5, 5.41) is 10.9. The number of hydrogen-bond acceptors (Lipinski definition) is 4. The number of benzene rings is 1. The van der Waals surface area contributed by atoms with Crippen molar-refractivity contribution in [3.8, 4) is 5.75 Å². The number of hydrogen-bond donors (Lipinski definition) is 0. The number of nitrogens with zero attached hydrogens (tertiary/aromatic N) is 1. The Balaban J connectivity index is 2.05. The minimum atomic E-state index is -0.796.